The fraction of sp³-hybridized carbons (Fsp3) is 0.455. The first kappa shape index (κ1) is 18.9. The van der Waals surface area contributed by atoms with E-state index in [0.29, 0.717) is 6.04 Å². The van der Waals surface area contributed by atoms with Gasteiger partial charge >= 0.3 is 0 Å². The number of nitrogens with zero attached hydrogens (tertiary/aromatic N) is 2. The Balaban J connectivity index is 1.64. The predicted octanol–water partition coefficient (Wildman–Crippen LogP) is 3.07. The van der Waals surface area contributed by atoms with Crippen molar-refractivity contribution in [3.05, 3.63) is 65.2 Å². The normalized spacial score (nSPS) is 18.8. The average Bonchev–Trinajstić information content (AvgIpc) is 2.66. The van der Waals surface area contributed by atoms with Crippen LogP contribution in [-0.2, 0) is 13.1 Å². The summed E-state index contributed by atoms with van der Waals surface area (Å²) in [5.74, 6) is 0.952. The molecule has 0 amide bonds. The van der Waals surface area contributed by atoms with Crippen LogP contribution < -0.4 is 4.74 Å². The van der Waals surface area contributed by atoms with Gasteiger partial charge < -0.3 is 9.84 Å². The van der Waals surface area contributed by atoms with Gasteiger partial charge in [-0.05, 0) is 25.0 Å². The van der Waals surface area contributed by atoms with E-state index in [1.807, 2.05) is 12.1 Å². The highest BCUT2D eigenvalue weighted by Gasteiger charge is 2.27. The zero-order valence-corrected chi connectivity index (χ0v) is 15.9. The molecule has 0 radical (unpaired) electrons. The van der Waals surface area contributed by atoms with Crippen LogP contribution in [0.5, 0.6) is 5.75 Å². The number of hydrogen-bond acceptors (Lipinski definition) is 4. The van der Waals surface area contributed by atoms with Gasteiger partial charge in [-0.25, -0.2) is 0 Å². The van der Waals surface area contributed by atoms with Crippen LogP contribution in [0.1, 0.15) is 23.1 Å². The van der Waals surface area contributed by atoms with Crippen molar-refractivity contribution in [1.29, 1.82) is 0 Å². The summed E-state index contributed by atoms with van der Waals surface area (Å²) in [5, 5.41) is 9.53. The molecule has 4 nitrogen and oxygen atoms in total. The maximum atomic E-state index is 9.53. The second-order valence-electron chi connectivity index (χ2n) is 7.17. The Hall–Kier alpha value is -1.88. The minimum Gasteiger partial charge on any atom is -0.496 e. The summed E-state index contributed by atoms with van der Waals surface area (Å²) in [5.41, 5.74) is 3.86. The van der Waals surface area contributed by atoms with Crippen LogP contribution >= 0.6 is 0 Å². The highest BCUT2D eigenvalue weighted by atomic mass is 16.5. The fourth-order valence-electron chi connectivity index (χ4n) is 3.73. The van der Waals surface area contributed by atoms with Gasteiger partial charge in [0.25, 0.3) is 0 Å². The summed E-state index contributed by atoms with van der Waals surface area (Å²) in [6.45, 7) is 7.23. The second kappa shape index (κ2) is 9.17. The summed E-state index contributed by atoms with van der Waals surface area (Å²) in [6, 6.07) is 17.4. The molecule has 3 rings (SSSR count). The molecular weight excluding hydrogens is 324 g/mol. The van der Waals surface area contributed by atoms with Crippen molar-refractivity contribution in [2.24, 2.45) is 0 Å². The smallest absolute Gasteiger partial charge is 0.123 e. The molecule has 0 aliphatic carbocycles. The maximum Gasteiger partial charge on any atom is 0.123 e. The lowest BCUT2D eigenvalue weighted by molar-refractivity contribution is 0.0496. The average molecular weight is 354 g/mol. The molecule has 2 aromatic rings. The van der Waals surface area contributed by atoms with E-state index < -0.39 is 0 Å². The molecule has 0 aromatic heterocycles. The van der Waals surface area contributed by atoms with Gasteiger partial charge in [-0.2, -0.15) is 0 Å². The molecule has 1 N–H and O–H groups in total. The van der Waals surface area contributed by atoms with Gasteiger partial charge in [-0.15, -0.1) is 0 Å². The summed E-state index contributed by atoms with van der Waals surface area (Å²) in [4.78, 5) is 4.99. The Labute approximate surface area is 157 Å². The number of aryl methyl sites for hydroxylation is 1. The van der Waals surface area contributed by atoms with Gasteiger partial charge in [0.15, 0.2) is 0 Å². The lowest BCUT2D eigenvalue weighted by Crippen LogP contribution is -2.52. The first-order chi connectivity index (χ1) is 12.7. The van der Waals surface area contributed by atoms with Crippen LogP contribution in [0.4, 0.5) is 0 Å². The summed E-state index contributed by atoms with van der Waals surface area (Å²) in [7, 11) is 1.73. The van der Waals surface area contributed by atoms with Crippen molar-refractivity contribution in [1.82, 2.24) is 9.80 Å². The molecule has 1 fully saturated rings. The Morgan fingerprint density at radius 3 is 2.54 bits per heavy atom. The molecule has 140 valence electrons. The van der Waals surface area contributed by atoms with E-state index in [4.69, 9.17) is 4.74 Å². The molecule has 1 aliphatic heterocycles. The van der Waals surface area contributed by atoms with Crippen LogP contribution in [0.25, 0.3) is 0 Å². The summed E-state index contributed by atoms with van der Waals surface area (Å²) in [6.07, 6.45) is 0.814. The maximum absolute atomic E-state index is 9.53. The number of ether oxygens (including phenoxy) is 1. The molecular formula is C22H30N2O2. The third kappa shape index (κ3) is 4.85. The van der Waals surface area contributed by atoms with Crippen LogP contribution in [0.3, 0.4) is 0 Å². The molecule has 0 bridgehead atoms. The van der Waals surface area contributed by atoms with Crippen molar-refractivity contribution in [2.45, 2.75) is 32.5 Å². The summed E-state index contributed by atoms with van der Waals surface area (Å²) < 4.78 is 5.49. The van der Waals surface area contributed by atoms with Crippen LogP contribution in [0.2, 0.25) is 0 Å². The predicted molar refractivity (Wildman–Crippen MR) is 105 cm³/mol. The van der Waals surface area contributed by atoms with Crippen molar-refractivity contribution >= 4 is 0 Å². The van der Waals surface area contributed by atoms with Crippen molar-refractivity contribution in [3.8, 4) is 5.75 Å². The molecule has 2 aromatic carbocycles. The number of benzene rings is 2. The molecule has 0 saturated carbocycles. The molecule has 0 spiro atoms. The number of methoxy groups -OCH3 is 1. The van der Waals surface area contributed by atoms with Crippen molar-refractivity contribution in [2.75, 3.05) is 33.4 Å². The third-order valence-electron chi connectivity index (χ3n) is 5.24. The quantitative estimate of drug-likeness (QED) is 0.829. The lowest BCUT2D eigenvalue weighted by atomic mass is 10.1. The van der Waals surface area contributed by atoms with E-state index in [1.54, 1.807) is 7.11 Å². The highest BCUT2D eigenvalue weighted by Crippen LogP contribution is 2.23. The third-order valence-corrected chi connectivity index (χ3v) is 5.24. The van der Waals surface area contributed by atoms with E-state index in [-0.39, 0.29) is 6.61 Å². The molecule has 26 heavy (non-hydrogen) atoms. The van der Waals surface area contributed by atoms with Gasteiger partial charge in [0.05, 0.1) is 7.11 Å². The summed E-state index contributed by atoms with van der Waals surface area (Å²) >= 11 is 0. The second-order valence-corrected chi connectivity index (χ2v) is 7.17. The van der Waals surface area contributed by atoms with Gasteiger partial charge in [0, 0.05) is 50.9 Å². The largest absolute Gasteiger partial charge is 0.496 e. The Morgan fingerprint density at radius 2 is 1.81 bits per heavy atom. The SMILES string of the molecule is COc1ccccc1CN1CCN(Cc2ccc(C)cc2)[C@@H](CCO)C1. The topological polar surface area (TPSA) is 35.9 Å². The first-order valence-electron chi connectivity index (χ1n) is 9.44. The van der Waals surface area contributed by atoms with Crippen molar-refractivity contribution in [3.63, 3.8) is 0 Å². The first-order valence-corrected chi connectivity index (χ1v) is 9.44. The molecule has 0 unspecified atom stereocenters. The van der Waals surface area contributed by atoms with E-state index in [1.165, 1.54) is 16.7 Å². The number of aliphatic hydroxyl groups is 1. The molecule has 4 heteroatoms. The number of rotatable bonds is 7. The van der Waals surface area contributed by atoms with Crippen LogP contribution in [-0.4, -0.2) is 54.3 Å². The molecule has 1 aliphatic rings. The number of hydrogen-bond donors (Lipinski definition) is 1. The number of para-hydroxylation sites is 1. The van der Waals surface area contributed by atoms with E-state index in [2.05, 4.69) is 53.1 Å². The Morgan fingerprint density at radius 1 is 1.04 bits per heavy atom. The standard InChI is InChI=1S/C22H30N2O2/c1-18-7-9-19(10-8-18)15-24-13-12-23(17-21(24)11-14-25)16-20-5-3-4-6-22(20)26-2/h3-10,21,25H,11-17H2,1-2H3/t21-/m0/s1. The zero-order valence-electron chi connectivity index (χ0n) is 15.9. The van der Waals surface area contributed by atoms with E-state index in [0.717, 1.165) is 44.9 Å². The Kier molecular flexibility index (Phi) is 6.67. The van der Waals surface area contributed by atoms with E-state index >= 15 is 0 Å². The van der Waals surface area contributed by atoms with Crippen LogP contribution in [0.15, 0.2) is 48.5 Å². The lowest BCUT2D eigenvalue weighted by Gasteiger charge is -2.41. The molecule has 1 atom stereocenters. The number of piperazine rings is 1. The molecule has 1 saturated heterocycles. The van der Waals surface area contributed by atoms with Gasteiger partial charge in [0.2, 0.25) is 0 Å². The van der Waals surface area contributed by atoms with E-state index in [9.17, 15) is 5.11 Å². The number of aliphatic hydroxyl groups excluding tert-OH is 1. The van der Waals surface area contributed by atoms with Gasteiger partial charge in [-0.1, -0.05) is 48.0 Å². The minimum absolute atomic E-state index is 0.234. The Bertz CT molecular complexity index is 687. The fourth-order valence-corrected chi connectivity index (χ4v) is 3.73. The minimum atomic E-state index is 0.234. The highest BCUT2D eigenvalue weighted by molar-refractivity contribution is 5.33. The van der Waals surface area contributed by atoms with Gasteiger partial charge in [0.1, 0.15) is 5.75 Å². The van der Waals surface area contributed by atoms with Gasteiger partial charge in [-0.3, -0.25) is 9.80 Å². The monoisotopic (exact) mass is 354 g/mol. The zero-order chi connectivity index (χ0) is 18.4. The molecule has 1 heterocycles. The van der Waals surface area contributed by atoms with Crippen molar-refractivity contribution < 1.29 is 9.84 Å². The van der Waals surface area contributed by atoms with Crippen LogP contribution in [0, 0.1) is 6.92 Å².